The van der Waals surface area contributed by atoms with Crippen LogP contribution in [0.25, 0.3) is 11.0 Å². The van der Waals surface area contributed by atoms with Crippen LogP contribution in [-0.4, -0.2) is 26.8 Å². The maximum atomic E-state index is 6.03. The third kappa shape index (κ3) is 2.73. The molecule has 0 unspecified atom stereocenters. The lowest BCUT2D eigenvalue weighted by Gasteiger charge is -2.19. The van der Waals surface area contributed by atoms with Crippen LogP contribution in [0.2, 0.25) is 5.02 Å². The van der Waals surface area contributed by atoms with E-state index in [2.05, 4.69) is 35.9 Å². The number of aryl methyl sites for hydroxylation is 1. The SMILES string of the molecule is CN(Cc1cccc(Cl)c1)c1ncnc2c1c(Br)nn2C. The zero-order valence-corrected chi connectivity index (χ0v) is 13.9. The fraction of sp³-hybridized carbons (Fsp3) is 0.214. The summed E-state index contributed by atoms with van der Waals surface area (Å²) < 4.78 is 2.48. The third-order valence-electron chi connectivity index (χ3n) is 3.23. The van der Waals surface area contributed by atoms with Crippen molar-refractivity contribution in [3.05, 3.63) is 45.8 Å². The van der Waals surface area contributed by atoms with Gasteiger partial charge in [0.05, 0.1) is 5.39 Å². The van der Waals surface area contributed by atoms with Gasteiger partial charge >= 0.3 is 0 Å². The molecule has 0 radical (unpaired) electrons. The van der Waals surface area contributed by atoms with Gasteiger partial charge in [0.15, 0.2) is 5.65 Å². The van der Waals surface area contributed by atoms with Crippen LogP contribution in [-0.2, 0) is 13.6 Å². The monoisotopic (exact) mass is 365 g/mol. The molecule has 0 saturated carbocycles. The zero-order chi connectivity index (χ0) is 15.0. The second-order valence-corrected chi connectivity index (χ2v) is 5.98. The Morgan fingerprint density at radius 3 is 2.90 bits per heavy atom. The number of anilines is 1. The molecule has 21 heavy (non-hydrogen) atoms. The van der Waals surface area contributed by atoms with Gasteiger partial charge in [-0.2, -0.15) is 5.10 Å². The van der Waals surface area contributed by atoms with Crippen LogP contribution in [0, 0.1) is 0 Å². The van der Waals surface area contributed by atoms with Crippen LogP contribution in [0.15, 0.2) is 35.2 Å². The molecular weight excluding hydrogens is 354 g/mol. The molecule has 0 aliphatic rings. The van der Waals surface area contributed by atoms with Gasteiger partial charge in [-0.25, -0.2) is 14.6 Å². The van der Waals surface area contributed by atoms with Gasteiger partial charge in [-0.05, 0) is 33.6 Å². The number of benzene rings is 1. The number of hydrogen-bond donors (Lipinski definition) is 0. The Hall–Kier alpha value is -1.66. The Morgan fingerprint density at radius 1 is 1.33 bits per heavy atom. The van der Waals surface area contributed by atoms with Crippen molar-refractivity contribution in [2.24, 2.45) is 7.05 Å². The molecule has 2 aromatic heterocycles. The first-order valence-electron chi connectivity index (χ1n) is 6.35. The van der Waals surface area contributed by atoms with Crippen LogP contribution < -0.4 is 4.90 Å². The third-order valence-corrected chi connectivity index (χ3v) is 4.02. The highest BCUT2D eigenvalue weighted by Crippen LogP contribution is 2.29. The van der Waals surface area contributed by atoms with Gasteiger partial charge in [0.1, 0.15) is 16.7 Å². The number of aromatic nitrogens is 4. The van der Waals surface area contributed by atoms with Crippen LogP contribution in [0.3, 0.4) is 0 Å². The van der Waals surface area contributed by atoms with Crippen molar-refractivity contribution in [1.82, 2.24) is 19.7 Å². The molecule has 0 fully saturated rings. The normalized spacial score (nSPS) is 11.0. The Balaban J connectivity index is 2.00. The molecule has 0 atom stereocenters. The highest BCUT2D eigenvalue weighted by molar-refractivity contribution is 9.10. The zero-order valence-electron chi connectivity index (χ0n) is 11.6. The van der Waals surface area contributed by atoms with Crippen molar-refractivity contribution in [2.45, 2.75) is 6.54 Å². The first-order chi connectivity index (χ1) is 10.1. The van der Waals surface area contributed by atoms with Gasteiger partial charge in [0, 0.05) is 25.7 Å². The van der Waals surface area contributed by atoms with E-state index in [1.165, 1.54) is 0 Å². The summed E-state index contributed by atoms with van der Waals surface area (Å²) in [7, 11) is 3.85. The maximum absolute atomic E-state index is 6.03. The molecule has 3 aromatic rings. The summed E-state index contributed by atoms with van der Waals surface area (Å²) in [6.07, 6.45) is 1.56. The van der Waals surface area contributed by atoms with Crippen LogP contribution >= 0.6 is 27.5 Å². The molecule has 0 aliphatic heterocycles. The van der Waals surface area contributed by atoms with Gasteiger partial charge in [0.2, 0.25) is 0 Å². The van der Waals surface area contributed by atoms with Crippen LogP contribution in [0.5, 0.6) is 0 Å². The van der Waals surface area contributed by atoms with Crippen LogP contribution in [0.1, 0.15) is 5.56 Å². The van der Waals surface area contributed by atoms with E-state index in [0.29, 0.717) is 6.54 Å². The molecule has 3 rings (SSSR count). The summed E-state index contributed by atoms with van der Waals surface area (Å²) in [4.78, 5) is 10.7. The molecule has 0 aliphatic carbocycles. The molecule has 0 spiro atoms. The molecule has 0 saturated heterocycles. The fourth-order valence-corrected chi connectivity index (χ4v) is 3.11. The quantitative estimate of drug-likeness (QED) is 0.712. The number of halogens is 2. The predicted molar refractivity (Wildman–Crippen MR) is 87.6 cm³/mol. The molecule has 108 valence electrons. The highest BCUT2D eigenvalue weighted by atomic mass is 79.9. The van der Waals surface area contributed by atoms with Gasteiger partial charge in [-0.3, -0.25) is 0 Å². The number of nitrogens with zero attached hydrogens (tertiary/aromatic N) is 5. The summed E-state index contributed by atoms with van der Waals surface area (Å²) >= 11 is 9.51. The molecule has 7 heteroatoms. The molecule has 0 N–H and O–H groups in total. The van der Waals surface area contributed by atoms with Gasteiger partial charge in [-0.15, -0.1) is 0 Å². The number of hydrogen-bond acceptors (Lipinski definition) is 4. The van der Waals surface area contributed by atoms with Crippen molar-refractivity contribution in [3.63, 3.8) is 0 Å². The minimum Gasteiger partial charge on any atom is -0.355 e. The Labute approximate surface area is 135 Å². The minimum atomic E-state index is 0.702. The lowest BCUT2D eigenvalue weighted by atomic mass is 10.2. The van der Waals surface area contributed by atoms with E-state index >= 15 is 0 Å². The van der Waals surface area contributed by atoms with E-state index in [9.17, 15) is 0 Å². The topological polar surface area (TPSA) is 46.8 Å². The van der Waals surface area contributed by atoms with Crippen molar-refractivity contribution in [1.29, 1.82) is 0 Å². The minimum absolute atomic E-state index is 0.702. The van der Waals surface area contributed by atoms with E-state index < -0.39 is 0 Å². The highest BCUT2D eigenvalue weighted by Gasteiger charge is 2.16. The van der Waals surface area contributed by atoms with E-state index in [1.54, 1.807) is 11.0 Å². The second-order valence-electron chi connectivity index (χ2n) is 4.80. The van der Waals surface area contributed by atoms with Gasteiger partial charge in [0.25, 0.3) is 0 Å². The summed E-state index contributed by atoms with van der Waals surface area (Å²) in [5.74, 6) is 0.833. The molecule has 2 heterocycles. The van der Waals surface area contributed by atoms with E-state index in [-0.39, 0.29) is 0 Å². The number of rotatable bonds is 3. The lowest BCUT2D eigenvalue weighted by Crippen LogP contribution is -2.18. The maximum Gasteiger partial charge on any atom is 0.164 e. The average Bonchev–Trinajstić information content (AvgIpc) is 2.74. The van der Waals surface area contributed by atoms with Crippen molar-refractivity contribution in [3.8, 4) is 0 Å². The first-order valence-corrected chi connectivity index (χ1v) is 7.52. The van der Waals surface area contributed by atoms with Crippen LogP contribution in [0.4, 0.5) is 5.82 Å². The lowest BCUT2D eigenvalue weighted by molar-refractivity contribution is 0.777. The molecule has 1 aromatic carbocycles. The Kier molecular flexibility index (Phi) is 3.82. The second kappa shape index (κ2) is 5.61. The number of fused-ring (bicyclic) bond motifs is 1. The Morgan fingerprint density at radius 2 is 2.14 bits per heavy atom. The summed E-state index contributed by atoms with van der Waals surface area (Å²) in [6, 6.07) is 7.81. The van der Waals surface area contributed by atoms with E-state index in [0.717, 1.165) is 32.0 Å². The van der Waals surface area contributed by atoms with E-state index in [1.807, 2.05) is 38.4 Å². The Bertz CT molecular complexity index is 801. The molecular formula is C14H13BrClN5. The first kappa shape index (κ1) is 14.3. The smallest absolute Gasteiger partial charge is 0.164 e. The largest absolute Gasteiger partial charge is 0.355 e. The van der Waals surface area contributed by atoms with Gasteiger partial charge < -0.3 is 4.90 Å². The van der Waals surface area contributed by atoms with Crippen molar-refractivity contribution < 1.29 is 0 Å². The predicted octanol–water partition coefficient (Wildman–Crippen LogP) is 3.42. The standard InChI is InChI=1S/C14H13BrClN5/c1-20(7-9-4-3-5-10(16)6-9)13-11-12(15)19-21(2)14(11)18-8-17-13/h3-6,8H,7H2,1-2H3. The molecule has 0 amide bonds. The summed E-state index contributed by atoms with van der Waals surface area (Å²) in [5.41, 5.74) is 1.92. The van der Waals surface area contributed by atoms with E-state index in [4.69, 9.17) is 11.6 Å². The summed E-state index contributed by atoms with van der Waals surface area (Å²) in [6.45, 7) is 0.702. The fourth-order valence-electron chi connectivity index (χ4n) is 2.30. The van der Waals surface area contributed by atoms with Crippen molar-refractivity contribution in [2.75, 3.05) is 11.9 Å². The summed E-state index contributed by atoms with van der Waals surface area (Å²) in [5, 5.41) is 5.98. The van der Waals surface area contributed by atoms with Crippen molar-refractivity contribution >= 4 is 44.4 Å². The van der Waals surface area contributed by atoms with Gasteiger partial charge in [-0.1, -0.05) is 23.7 Å². The molecule has 5 nitrogen and oxygen atoms in total. The average molecular weight is 367 g/mol. The molecule has 0 bridgehead atoms.